The fourth-order valence-corrected chi connectivity index (χ4v) is 3.12. The smallest absolute Gasteiger partial charge is 0.0445 e. The molecule has 0 aromatic heterocycles. The minimum Gasteiger partial charge on any atom is -0.327 e. The lowest BCUT2D eigenvalue weighted by atomic mass is 10.1. The molecule has 0 radical (unpaired) electrons. The summed E-state index contributed by atoms with van der Waals surface area (Å²) in [6, 6.07) is 8.98. The summed E-state index contributed by atoms with van der Waals surface area (Å²) >= 11 is 2.00. The van der Waals surface area contributed by atoms with E-state index in [1.807, 2.05) is 11.8 Å². The maximum absolute atomic E-state index is 6.11. The molecule has 0 bridgehead atoms. The molecule has 2 N–H and O–H groups in total. The molecule has 1 aromatic carbocycles. The lowest BCUT2D eigenvalue weighted by molar-refractivity contribution is 0.631. The highest BCUT2D eigenvalue weighted by Crippen LogP contribution is 2.33. The van der Waals surface area contributed by atoms with Crippen LogP contribution < -0.4 is 5.73 Å². The summed E-state index contributed by atoms with van der Waals surface area (Å²) in [6.45, 7) is 8.78. The van der Waals surface area contributed by atoms with E-state index in [1.54, 1.807) is 0 Å². The van der Waals surface area contributed by atoms with Gasteiger partial charge in [-0.25, -0.2) is 0 Å². The van der Waals surface area contributed by atoms with Gasteiger partial charge in [-0.15, -0.1) is 0 Å². The maximum atomic E-state index is 6.11. The summed E-state index contributed by atoms with van der Waals surface area (Å²) in [7, 11) is 0. The lowest BCUT2D eigenvalue weighted by Gasteiger charge is -2.22. The summed E-state index contributed by atoms with van der Waals surface area (Å²) < 4.78 is 0. The third-order valence-corrected chi connectivity index (χ3v) is 4.96. The van der Waals surface area contributed by atoms with Crippen LogP contribution in [0, 0.1) is 12.8 Å². The van der Waals surface area contributed by atoms with E-state index in [0.717, 1.165) is 5.92 Å². The number of aryl methyl sites for hydroxylation is 1. The van der Waals surface area contributed by atoms with Crippen LogP contribution in [0.4, 0.5) is 0 Å². The van der Waals surface area contributed by atoms with Crippen LogP contribution in [0.25, 0.3) is 0 Å². The average molecular weight is 251 g/mol. The highest BCUT2D eigenvalue weighted by molar-refractivity contribution is 7.99. The third-order valence-electron chi connectivity index (χ3n) is 3.14. The topological polar surface area (TPSA) is 26.0 Å². The molecule has 0 amide bonds. The maximum Gasteiger partial charge on any atom is 0.0445 e. The largest absolute Gasteiger partial charge is 0.327 e. The van der Waals surface area contributed by atoms with Gasteiger partial charge in [0.05, 0.1) is 0 Å². The minimum absolute atomic E-state index is 0.201. The molecule has 0 spiro atoms. The molecular weight excluding hydrogens is 226 g/mol. The van der Waals surface area contributed by atoms with Crippen molar-refractivity contribution in [2.75, 3.05) is 5.75 Å². The first kappa shape index (κ1) is 14.6. The Hall–Kier alpha value is -0.470. The zero-order valence-corrected chi connectivity index (χ0v) is 12.3. The molecule has 96 valence electrons. The Bertz CT molecular complexity index is 318. The fourth-order valence-electron chi connectivity index (χ4n) is 1.69. The second kappa shape index (κ2) is 7.07. The Morgan fingerprint density at radius 1 is 1.18 bits per heavy atom. The van der Waals surface area contributed by atoms with Gasteiger partial charge in [-0.3, -0.25) is 0 Å². The molecular formula is C15H25NS. The highest BCUT2D eigenvalue weighted by atomic mass is 32.2. The molecule has 0 aliphatic heterocycles. The number of benzene rings is 1. The molecule has 0 fully saturated rings. The van der Waals surface area contributed by atoms with Gasteiger partial charge in [0.25, 0.3) is 0 Å². The third kappa shape index (κ3) is 4.72. The molecule has 17 heavy (non-hydrogen) atoms. The van der Waals surface area contributed by atoms with Crippen molar-refractivity contribution in [3.05, 3.63) is 35.4 Å². The monoisotopic (exact) mass is 251 g/mol. The van der Waals surface area contributed by atoms with Crippen LogP contribution in [0.5, 0.6) is 0 Å². The predicted molar refractivity (Wildman–Crippen MR) is 79.5 cm³/mol. The van der Waals surface area contributed by atoms with Gasteiger partial charge in [0, 0.05) is 11.3 Å². The van der Waals surface area contributed by atoms with Crippen LogP contribution in [0.15, 0.2) is 24.3 Å². The molecule has 3 atom stereocenters. The Balaban J connectivity index is 2.69. The van der Waals surface area contributed by atoms with Crippen LogP contribution in [-0.2, 0) is 0 Å². The van der Waals surface area contributed by atoms with Crippen molar-refractivity contribution < 1.29 is 0 Å². The van der Waals surface area contributed by atoms with Gasteiger partial charge in [0.2, 0.25) is 0 Å². The van der Waals surface area contributed by atoms with Crippen molar-refractivity contribution in [1.29, 1.82) is 0 Å². The first-order valence-electron chi connectivity index (χ1n) is 6.48. The summed E-state index contributed by atoms with van der Waals surface area (Å²) in [5.41, 5.74) is 8.78. The predicted octanol–water partition coefficient (Wildman–Crippen LogP) is 4.16. The summed E-state index contributed by atoms with van der Waals surface area (Å²) in [5, 5.41) is 0.421. The molecule has 1 nitrogen and oxygen atoms in total. The molecule has 0 saturated heterocycles. The summed E-state index contributed by atoms with van der Waals surface area (Å²) in [5.74, 6) is 1.96. The second-order valence-corrected chi connectivity index (χ2v) is 6.21. The Kier molecular flexibility index (Phi) is 6.07. The number of hydrogen-bond donors (Lipinski definition) is 1. The quantitative estimate of drug-likeness (QED) is 0.821. The van der Waals surface area contributed by atoms with E-state index in [2.05, 4.69) is 52.0 Å². The van der Waals surface area contributed by atoms with Crippen molar-refractivity contribution in [2.45, 2.75) is 45.4 Å². The molecule has 0 saturated carbocycles. The van der Waals surface area contributed by atoms with Gasteiger partial charge in [-0.2, -0.15) is 11.8 Å². The number of nitrogens with two attached hydrogens (primary N) is 1. The number of rotatable bonds is 6. The van der Waals surface area contributed by atoms with E-state index in [0.29, 0.717) is 5.25 Å². The zero-order valence-electron chi connectivity index (χ0n) is 11.4. The molecule has 0 heterocycles. The van der Waals surface area contributed by atoms with Gasteiger partial charge < -0.3 is 5.73 Å². The van der Waals surface area contributed by atoms with Crippen LogP contribution in [-0.4, -0.2) is 11.8 Å². The van der Waals surface area contributed by atoms with Crippen LogP contribution in [0.3, 0.4) is 0 Å². The molecule has 1 rings (SSSR count). The van der Waals surface area contributed by atoms with Crippen molar-refractivity contribution in [3.63, 3.8) is 0 Å². The first-order chi connectivity index (χ1) is 8.04. The van der Waals surface area contributed by atoms with Crippen molar-refractivity contribution in [3.8, 4) is 0 Å². The number of thioether (sulfide) groups is 1. The summed E-state index contributed by atoms with van der Waals surface area (Å²) in [4.78, 5) is 0. The van der Waals surface area contributed by atoms with Gasteiger partial charge in [0.15, 0.2) is 0 Å². The Morgan fingerprint density at radius 3 is 2.24 bits per heavy atom. The summed E-state index contributed by atoms with van der Waals surface area (Å²) in [6.07, 6.45) is 1.24. The van der Waals surface area contributed by atoms with E-state index in [1.165, 1.54) is 23.3 Å². The van der Waals surface area contributed by atoms with Crippen molar-refractivity contribution in [2.24, 2.45) is 11.7 Å². The van der Waals surface area contributed by atoms with Gasteiger partial charge >= 0.3 is 0 Å². The van der Waals surface area contributed by atoms with Crippen molar-refractivity contribution in [1.82, 2.24) is 0 Å². The SMILES string of the molecule is CCC(C)CSC(c1ccc(C)cc1)C(C)N. The van der Waals surface area contributed by atoms with E-state index in [-0.39, 0.29) is 6.04 Å². The van der Waals surface area contributed by atoms with E-state index in [9.17, 15) is 0 Å². The molecule has 0 aliphatic rings. The van der Waals surface area contributed by atoms with Crippen LogP contribution >= 0.6 is 11.8 Å². The van der Waals surface area contributed by atoms with E-state index < -0.39 is 0 Å². The Labute approximate surface area is 110 Å². The second-order valence-electron chi connectivity index (χ2n) is 5.04. The van der Waals surface area contributed by atoms with Gasteiger partial charge in [0.1, 0.15) is 0 Å². The van der Waals surface area contributed by atoms with Crippen LogP contribution in [0.1, 0.15) is 43.6 Å². The molecule has 1 aromatic rings. The van der Waals surface area contributed by atoms with Gasteiger partial charge in [-0.05, 0) is 31.1 Å². The minimum atomic E-state index is 0.201. The van der Waals surface area contributed by atoms with E-state index >= 15 is 0 Å². The van der Waals surface area contributed by atoms with E-state index in [4.69, 9.17) is 5.73 Å². The number of hydrogen-bond acceptors (Lipinski definition) is 2. The molecule has 2 heteroatoms. The van der Waals surface area contributed by atoms with Crippen molar-refractivity contribution >= 4 is 11.8 Å². The molecule has 0 aliphatic carbocycles. The molecule has 3 unspecified atom stereocenters. The standard InChI is InChI=1S/C15H25NS/c1-5-11(2)10-17-15(13(4)16)14-8-6-12(3)7-9-14/h6-9,11,13,15H,5,10,16H2,1-4H3. The normalized spacial score (nSPS) is 16.5. The lowest BCUT2D eigenvalue weighted by Crippen LogP contribution is -2.23. The van der Waals surface area contributed by atoms with Crippen LogP contribution in [0.2, 0.25) is 0 Å². The highest BCUT2D eigenvalue weighted by Gasteiger charge is 2.17. The zero-order chi connectivity index (χ0) is 12.8. The Morgan fingerprint density at radius 2 is 1.76 bits per heavy atom. The average Bonchev–Trinajstić information content (AvgIpc) is 2.31. The van der Waals surface area contributed by atoms with Gasteiger partial charge in [-0.1, -0.05) is 50.1 Å². The fraction of sp³-hybridized carbons (Fsp3) is 0.600. The first-order valence-corrected chi connectivity index (χ1v) is 7.53.